The summed E-state index contributed by atoms with van der Waals surface area (Å²) < 4.78 is 16.9. The minimum absolute atomic E-state index is 0.0591. The predicted octanol–water partition coefficient (Wildman–Crippen LogP) is 2.51. The number of anilines is 1. The highest BCUT2D eigenvalue weighted by molar-refractivity contribution is 9.10. The number of hydrogen-bond acceptors (Lipinski definition) is 4. The Balaban J connectivity index is 2.17. The molecule has 8 heteroatoms. The molecule has 0 amide bonds. The maximum Gasteiger partial charge on any atom is 0.332 e. The van der Waals surface area contributed by atoms with Crippen LogP contribution >= 0.6 is 15.9 Å². The van der Waals surface area contributed by atoms with E-state index in [0.29, 0.717) is 17.4 Å². The maximum atomic E-state index is 14.0. The summed E-state index contributed by atoms with van der Waals surface area (Å²) in [4.78, 5) is 37.3. The molecule has 0 radical (unpaired) electrons. The van der Waals surface area contributed by atoms with Gasteiger partial charge in [0.05, 0.1) is 5.70 Å². The van der Waals surface area contributed by atoms with E-state index in [1.807, 2.05) is 6.92 Å². The average Bonchev–Trinajstić information content (AvgIpc) is 2.89. The summed E-state index contributed by atoms with van der Waals surface area (Å²) >= 11 is 3.17. The van der Waals surface area contributed by atoms with Crippen molar-refractivity contribution < 1.29 is 9.18 Å². The van der Waals surface area contributed by atoms with Crippen molar-refractivity contribution in [2.75, 3.05) is 5.32 Å². The van der Waals surface area contributed by atoms with E-state index in [4.69, 9.17) is 0 Å². The van der Waals surface area contributed by atoms with Crippen LogP contribution in [-0.4, -0.2) is 14.9 Å². The van der Waals surface area contributed by atoms with Crippen LogP contribution in [0.3, 0.4) is 0 Å². The second-order valence-corrected chi connectivity index (χ2v) is 6.62. The molecule has 1 aromatic carbocycles. The highest BCUT2D eigenvalue weighted by Crippen LogP contribution is 2.27. The van der Waals surface area contributed by atoms with Gasteiger partial charge in [-0.15, -0.1) is 0 Å². The Morgan fingerprint density at radius 3 is 2.64 bits per heavy atom. The van der Waals surface area contributed by atoms with E-state index in [0.717, 1.165) is 4.57 Å². The molecule has 0 aliphatic carbocycles. The van der Waals surface area contributed by atoms with Crippen LogP contribution in [-0.2, 0) is 13.6 Å². The lowest BCUT2D eigenvalue weighted by Crippen LogP contribution is -2.40. The number of fused-ring (bicyclic) bond motifs is 1. The molecule has 2 aromatic rings. The number of Topliss-reactive ketones (excluding diaryl/α,β-unsaturated/α-hetero) is 1. The van der Waals surface area contributed by atoms with Crippen LogP contribution in [0.5, 0.6) is 0 Å². The SMILES string of the molecule is CCCn1c2c(c(=O)n(C)c1=O)C(=O)/C(=C\c1ccc(Br)cc1F)N2. The Morgan fingerprint density at radius 1 is 1.28 bits per heavy atom. The van der Waals surface area contributed by atoms with Crippen molar-refractivity contribution >= 4 is 33.6 Å². The molecule has 1 N–H and O–H groups in total. The minimum atomic E-state index is -0.662. The summed E-state index contributed by atoms with van der Waals surface area (Å²) in [6.07, 6.45) is 1.99. The minimum Gasteiger partial charge on any atom is -0.338 e. The summed E-state index contributed by atoms with van der Waals surface area (Å²) in [5.41, 5.74) is -0.998. The molecule has 0 fully saturated rings. The van der Waals surface area contributed by atoms with Gasteiger partial charge in [0.2, 0.25) is 5.78 Å². The Bertz CT molecular complexity index is 1040. The number of aromatic nitrogens is 2. The van der Waals surface area contributed by atoms with Crippen LogP contribution in [0.2, 0.25) is 0 Å². The van der Waals surface area contributed by atoms with Gasteiger partial charge in [-0.25, -0.2) is 9.18 Å². The monoisotopic (exact) mass is 407 g/mol. The Labute approximate surface area is 150 Å². The molecule has 0 spiro atoms. The van der Waals surface area contributed by atoms with Gasteiger partial charge >= 0.3 is 5.69 Å². The van der Waals surface area contributed by atoms with Gasteiger partial charge in [-0.05, 0) is 24.6 Å². The number of hydrogen-bond donors (Lipinski definition) is 1. The number of carbonyl (C=O) groups excluding carboxylic acids is 1. The van der Waals surface area contributed by atoms with Gasteiger partial charge in [0, 0.05) is 23.6 Å². The average molecular weight is 408 g/mol. The Hall–Kier alpha value is -2.48. The number of ketones is 1. The second kappa shape index (κ2) is 6.44. The van der Waals surface area contributed by atoms with Gasteiger partial charge in [-0.1, -0.05) is 28.9 Å². The van der Waals surface area contributed by atoms with Crippen molar-refractivity contribution in [3.8, 4) is 0 Å². The predicted molar refractivity (Wildman–Crippen MR) is 96.3 cm³/mol. The van der Waals surface area contributed by atoms with Crippen LogP contribution in [0.1, 0.15) is 29.3 Å². The maximum absolute atomic E-state index is 14.0. The molecule has 0 saturated carbocycles. The van der Waals surface area contributed by atoms with Gasteiger partial charge in [-0.3, -0.25) is 18.7 Å². The number of rotatable bonds is 3. The van der Waals surface area contributed by atoms with Crippen molar-refractivity contribution in [3.05, 3.63) is 66.2 Å². The first-order chi connectivity index (χ1) is 11.8. The zero-order chi connectivity index (χ0) is 18.3. The van der Waals surface area contributed by atoms with E-state index in [9.17, 15) is 18.8 Å². The van der Waals surface area contributed by atoms with Gasteiger partial charge < -0.3 is 5.32 Å². The third kappa shape index (κ3) is 2.86. The molecular weight excluding hydrogens is 393 g/mol. The molecule has 0 atom stereocenters. The zero-order valence-electron chi connectivity index (χ0n) is 13.6. The van der Waals surface area contributed by atoms with E-state index >= 15 is 0 Å². The van der Waals surface area contributed by atoms with Crippen molar-refractivity contribution in [1.82, 2.24) is 9.13 Å². The molecule has 130 valence electrons. The molecule has 3 rings (SSSR count). The summed E-state index contributed by atoms with van der Waals surface area (Å²) in [6.45, 7) is 2.24. The van der Waals surface area contributed by atoms with E-state index in [1.165, 1.54) is 29.8 Å². The topological polar surface area (TPSA) is 73.1 Å². The molecule has 1 aliphatic rings. The molecule has 25 heavy (non-hydrogen) atoms. The highest BCUT2D eigenvalue weighted by Gasteiger charge is 2.32. The Kier molecular flexibility index (Phi) is 4.47. The van der Waals surface area contributed by atoms with Crippen LogP contribution in [0.4, 0.5) is 10.2 Å². The molecule has 6 nitrogen and oxygen atoms in total. The fourth-order valence-electron chi connectivity index (χ4n) is 2.73. The first kappa shape index (κ1) is 17.3. The van der Waals surface area contributed by atoms with E-state index in [-0.39, 0.29) is 22.6 Å². The van der Waals surface area contributed by atoms with Gasteiger partial charge in [0.15, 0.2) is 0 Å². The molecular formula is C17H15BrFN3O3. The lowest BCUT2D eigenvalue weighted by atomic mass is 10.1. The largest absolute Gasteiger partial charge is 0.338 e. The van der Waals surface area contributed by atoms with Gasteiger partial charge in [0.1, 0.15) is 17.2 Å². The quantitative estimate of drug-likeness (QED) is 0.793. The normalized spacial score (nSPS) is 14.7. The van der Waals surface area contributed by atoms with Crippen molar-refractivity contribution in [1.29, 1.82) is 0 Å². The lowest BCUT2D eigenvalue weighted by Gasteiger charge is -2.11. The number of nitrogens with one attached hydrogen (secondary N) is 1. The van der Waals surface area contributed by atoms with Crippen molar-refractivity contribution in [2.24, 2.45) is 7.05 Å². The van der Waals surface area contributed by atoms with Crippen molar-refractivity contribution in [2.45, 2.75) is 19.9 Å². The number of halogens is 2. The van der Waals surface area contributed by atoms with E-state index in [2.05, 4.69) is 21.2 Å². The summed E-state index contributed by atoms with van der Waals surface area (Å²) in [5.74, 6) is -0.891. The van der Waals surface area contributed by atoms with E-state index < -0.39 is 22.8 Å². The second-order valence-electron chi connectivity index (χ2n) is 5.70. The molecule has 1 aromatic heterocycles. The number of nitrogens with zero attached hydrogens (tertiary/aromatic N) is 2. The molecule has 1 aliphatic heterocycles. The fourth-order valence-corrected chi connectivity index (χ4v) is 3.06. The zero-order valence-corrected chi connectivity index (χ0v) is 15.2. The lowest BCUT2D eigenvalue weighted by molar-refractivity contribution is 0.104. The molecule has 0 bridgehead atoms. The molecule has 0 unspecified atom stereocenters. The third-order valence-corrected chi connectivity index (χ3v) is 4.47. The van der Waals surface area contributed by atoms with Crippen LogP contribution in [0, 0.1) is 5.82 Å². The third-order valence-electron chi connectivity index (χ3n) is 3.98. The highest BCUT2D eigenvalue weighted by atomic mass is 79.9. The standard InChI is InChI=1S/C17H15BrFN3O3/c1-3-6-22-15-13(16(24)21(2)17(22)25)14(23)12(20-15)7-9-4-5-10(18)8-11(9)19/h4-5,7-8,20H,3,6H2,1-2H3/b12-7+. The van der Waals surface area contributed by atoms with E-state index in [1.54, 1.807) is 6.07 Å². The molecule has 2 heterocycles. The van der Waals surface area contributed by atoms with Crippen LogP contribution < -0.4 is 16.6 Å². The summed E-state index contributed by atoms with van der Waals surface area (Å²) in [7, 11) is 1.33. The van der Waals surface area contributed by atoms with Crippen molar-refractivity contribution in [3.63, 3.8) is 0 Å². The number of carbonyl (C=O) groups is 1. The van der Waals surface area contributed by atoms with Crippen LogP contribution in [0.25, 0.3) is 6.08 Å². The van der Waals surface area contributed by atoms with Crippen LogP contribution in [0.15, 0.2) is 38.0 Å². The number of benzene rings is 1. The summed E-state index contributed by atoms with van der Waals surface area (Å²) in [5, 5.41) is 2.82. The number of allylic oxidation sites excluding steroid dienone is 1. The fraction of sp³-hybridized carbons (Fsp3) is 0.235. The first-order valence-corrected chi connectivity index (χ1v) is 8.46. The summed E-state index contributed by atoms with van der Waals surface area (Å²) in [6, 6.07) is 4.45. The smallest absolute Gasteiger partial charge is 0.332 e. The van der Waals surface area contributed by atoms with Gasteiger partial charge in [-0.2, -0.15) is 0 Å². The molecule has 0 saturated heterocycles. The first-order valence-electron chi connectivity index (χ1n) is 7.67. The van der Waals surface area contributed by atoms with Gasteiger partial charge in [0.25, 0.3) is 5.56 Å². The Morgan fingerprint density at radius 2 is 2.00 bits per heavy atom.